The molecule has 3 aliphatic heterocycles. The molecule has 1 aromatic carbocycles. The van der Waals surface area contributed by atoms with Crippen LogP contribution in [-0.4, -0.2) is 49.0 Å². The van der Waals surface area contributed by atoms with Crippen molar-refractivity contribution in [1.29, 1.82) is 0 Å². The molecule has 0 aromatic heterocycles. The smallest absolute Gasteiger partial charge is 0.475 e. The lowest BCUT2D eigenvalue weighted by molar-refractivity contribution is -0.192. The van der Waals surface area contributed by atoms with Crippen LogP contribution in [0.1, 0.15) is 36.8 Å². The van der Waals surface area contributed by atoms with Gasteiger partial charge in [-0.3, -0.25) is 0 Å². The monoisotopic (exact) mass is 372 g/mol. The van der Waals surface area contributed by atoms with Gasteiger partial charge in [-0.2, -0.15) is 13.2 Å². The third kappa shape index (κ3) is 3.66. The number of rotatable bonds is 1. The molecule has 2 N–H and O–H groups in total. The molecule has 8 heteroatoms. The van der Waals surface area contributed by atoms with Crippen molar-refractivity contribution >= 4 is 11.7 Å². The molecule has 2 fully saturated rings. The average molecular weight is 372 g/mol. The number of nitrogens with one attached hydrogen (secondary N) is 1. The van der Waals surface area contributed by atoms with Gasteiger partial charge in [-0.1, -0.05) is 12.1 Å². The van der Waals surface area contributed by atoms with Crippen molar-refractivity contribution in [2.45, 2.75) is 44.1 Å². The van der Waals surface area contributed by atoms with Gasteiger partial charge in [-0.25, -0.2) is 4.79 Å². The lowest BCUT2D eigenvalue weighted by Gasteiger charge is -2.38. The average Bonchev–Trinajstić information content (AvgIpc) is 3.23. The summed E-state index contributed by atoms with van der Waals surface area (Å²) in [6.45, 7) is 7.46. The molecule has 26 heavy (non-hydrogen) atoms. The van der Waals surface area contributed by atoms with E-state index in [0.717, 1.165) is 19.7 Å². The second kappa shape index (κ2) is 7.08. The maximum Gasteiger partial charge on any atom is 0.490 e. The van der Waals surface area contributed by atoms with Crippen LogP contribution in [0.25, 0.3) is 0 Å². The van der Waals surface area contributed by atoms with Gasteiger partial charge in [0.25, 0.3) is 0 Å². The van der Waals surface area contributed by atoms with E-state index in [4.69, 9.17) is 14.6 Å². The molecule has 0 spiro atoms. The van der Waals surface area contributed by atoms with E-state index < -0.39 is 12.1 Å². The van der Waals surface area contributed by atoms with Gasteiger partial charge in [0.05, 0.1) is 12.2 Å². The highest BCUT2D eigenvalue weighted by Gasteiger charge is 2.45. The van der Waals surface area contributed by atoms with Crippen molar-refractivity contribution in [3.8, 4) is 0 Å². The number of carboxylic acids is 1. The standard InChI is InChI=1S/C16H22N2O.C2HF3O2/c1-16-11-17-9-14(16)12-5-4-6-15(13(12)10-19-16)18-7-2-3-8-18;3-2(4,5)1(6)7/h4-6,14,17H,2-3,7-11H2,1H3;(H,6,7)/t14-,16-;/m0./s1. The number of nitrogens with zero attached hydrogens (tertiary/aromatic N) is 1. The van der Waals surface area contributed by atoms with E-state index in [9.17, 15) is 13.2 Å². The first-order valence-corrected chi connectivity index (χ1v) is 8.74. The summed E-state index contributed by atoms with van der Waals surface area (Å²) >= 11 is 0. The highest BCUT2D eigenvalue weighted by Crippen LogP contribution is 2.44. The number of halogens is 3. The highest BCUT2D eigenvalue weighted by atomic mass is 19.4. The summed E-state index contributed by atoms with van der Waals surface area (Å²) in [7, 11) is 0. The van der Waals surface area contributed by atoms with Crippen LogP contribution in [0.5, 0.6) is 0 Å². The molecular formula is C18H23F3N2O3. The Hall–Kier alpha value is -1.80. The first kappa shape index (κ1) is 19.0. The lowest BCUT2D eigenvalue weighted by atomic mass is 9.81. The molecule has 0 radical (unpaired) electrons. The van der Waals surface area contributed by atoms with E-state index in [-0.39, 0.29) is 5.60 Å². The van der Waals surface area contributed by atoms with E-state index in [0.29, 0.717) is 5.92 Å². The lowest BCUT2D eigenvalue weighted by Crippen LogP contribution is -2.40. The topological polar surface area (TPSA) is 61.8 Å². The van der Waals surface area contributed by atoms with Crippen LogP contribution in [0.3, 0.4) is 0 Å². The van der Waals surface area contributed by atoms with E-state index in [2.05, 4.69) is 35.3 Å². The SMILES string of the molecule is C[C@]12CNC[C@H]1c1cccc(N3CCCC3)c1CO2.O=C(O)C(F)(F)F. The number of hydrogen-bond donors (Lipinski definition) is 2. The Kier molecular flexibility index (Phi) is 5.16. The van der Waals surface area contributed by atoms with Crippen LogP contribution in [0, 0.1) is 0 Å². The molecule has 0 bridgehead atoms. The van der Waals surface area contributed by atoms with Crippen LogP contribution in [-0.2, 0) is 16.1 Å². The van der Waals surface area contributed by atoms with Gasteiger partial charge in [-0.15, -0.1) is 0 Å². The van der Waals surface area contributed by atoms with Gasteiger partial charge >= 0.3 is 12.1 Å². The van der Waals surface area contributed by atoms with Crippen molar-refractivity contribution in [2.24, 2.45) is 0 Å². The number of anilines is 1. The maximum absolute atomic E-state index is 10.6. The van der Waals surface area contributed by atoms with Gasteiger partial charge in [0, 0.05) is 43.3 Å². The van der Waals surface area contributed by atoms with Crippen LogP contribution >= 0.6 is 0 Å². The van der Waals surface area contributed by atoms with Crippen LogP contribution < -0.4 is 10.2 Å². The van der Waals surface area contributed by atoms with E-state index in [1.54, 1.807) is 0 Å². The molecule has 4 rings (SSSR count). The highest BCUT2D eigenvalue weighted by molar-refractivity contribution is 5.73. The Bertz CT molecular complexity index is 674. The van der Waals surface area contributed by atoms with Gasteiger partial charge in [0.2, 0.25) is 0 Å². The van der Waals surface area contributed by atoms with Crippen LogP contribution in [0.2, 0.25) is 0 Å². The Morgan fingerprint density at radius 2 is 2.00 bits per heavy atom. The summed E-state index contributed by atoms with van der Waals surface area (Å²) in [5.74, 6) is -2.24. The number of hydrogen-bond acceptors (Lipinski definition) is 4. The van der Waals surface area contributed by atoms with Gasteiger partial charge in [0.15, 0.2) is 0 Å². The minimum absolute atomic E-state index is 0.00334. The number of carboxylic acid groups (broad SMARTS) is 1. The van der Waals surface area contributed by atoms with Gasteiger partial charge in [-0.05, 0) is 31.4 Å². The maximum atomic E-state index is 10.6. The van der Waals surface area contributed by atoms with Gasteiger partial charge < -0.3 is 20.1 Å². The zero-order chi connectivity index (χ0) is 18.9. The van der Waals surface area contributed by atoms with Gasteiger partial charge in [0.1, 0.15) is 0 Å². The van der Waals surface area contributed by atoms with Crippen LogP contribution in [0.4, 0.5) is 18.9 Å². The number of alkyl halides is 3. The minimum Gasteiger partial charge on any atom is -0.475 e. The normalized spacial score (nSPS) is 27.4. The van der Waals surface area contributed by atoms with Crippen LogP contribution in [0.15, 0.2) is 18.2 Å². The molecule has 0 aliphatic carbocycles. The predicted molar refractivity (Wildman–Crippen MR) is 90.4 cm³/mol. The summed E-state index contributed by atoms with van der Waals surface area (Å²) in [5.41, 5.74) is 4.37. The largest absolute Gasteiger partial charge is 0.490 e. The minimum atomic E-state index is -5.08. The molecular weight excluding hydrogens is 349 g/mol. The summed E-state index contributed by atoms with van der Waals surface area (Å²) < 4.78 is 38.0. The fourth-order valence-electron chi connectivity index (χ4n) is 3.96. The first-order valence-electron chi connectivity index (χ1n) is 8.74. The Morgan fingerprint density at radius 3 is 2.62 bits per heavy atom. The third-order valence-corrected chi connectivity index (χ3v) is 5.36. The third-order valence-electron chi connectivity index (χ3n) is 5.36. The van der Waals surface area contributed by atoms with Crippen molar-refractivity contribution in [2.75, 3.05) is 31.1 Å². The Morgan fingerprint density at radius 1 is 1.35 bits per heavy atom. The fraction of sp³-hybridized carbons (Fsp3) is 0.611. The summed E-state index contributed by atoms with van der Waals surface area (Å²) in [5, 5.41) is 10.6. The molecule has 0 amide bonds. The molecule has 0 saturated carbocycles. The molecule has 1 aromatic rings. The van der Waals surface area contributed by atoms with Crippen molar-refractivity contribution in [3.05, 3.63) is 29.3 Å². The summed E-state index contributed by atoms with van der Waals surface area (Å²) in [6, 6.07) is 6.82. The summed E-state index contributed by atoms with van der Waals surface area (Å²) in [6.07, 6.45) is -2.43. The second-order valence-electron chi connectivity index (χ2n) is 7.13. The molecule has 5 nitrogen and oxygen atoms in total. The molecule has 3 aliphatic rings. The van der Waals surface area contributed by atoms with Crippen molar-refractivity contribution < 1.29 is 27.8 Å². The molecule has 3 heterocycles. The molecule has 2 atom stereocenters. The second-order valence-corrected chi connectivity index (χ2v) is 7.13. The quantitative estimate of drug-likeness (QED) is 0.794. The predicted octanol–water partition coefficient (Wildman–Crippen LogP) is 2.90. The molecule has 2 saturated heterocycles. The number of fused-ring (bicyclic) bond motifs is 3. The number of ether oxygens (including phenoxy) is 1. The number of benzene rings is 1. The first-order chi connectivity index (χ1) is 12.2. The van der Waals surface area contributed by atoms with E-state index >= 15 is 0 Å². The molecule has 144 valence electrons. The molecule has 0 unspecified atom stereocenters. The zero-order valence-corrected chi connectivity index (χ0v) is 14.6. The fourth-order valence-corrected chi connectivity index (χ4v) is 3.96. The van der Waals surface area contributed by atoms with E-state index in [1.165, 1.54) is 42.7 Å². The zero-order valence-electron chi connectivity index (χ0n) is 14.6. The Balaban J connectivity index is 0.000000242. The van der Waals surface area contributed by atoms with Crippen molar-refractivity contribution in [1.82, 2.24) is 5.32 Å². The number of carbonyl (C=O) groups is 1. The van der Waals surface area contributed by atoms with E-state index in [1.807, 2.05) is 0 Å². The summed E-state index contributed by atoms with van der Waals surface area (Å²) in [4.78, 5) is 11.4. The Labute approximate surface area is 150 Å². The van der Waals surface area contributed by atoms with Crippen molar-refractivity contribution in [3.63, 3.8) is 0 Å². The number of aliphatic carboxylic acids is 1.